The Morgan fingerprint density at radius 3 is 2.39 bits per heavy atom. The van der Waals surface area contributed by atoms with Gasteiger partial charge >= 0.3 is 0 Å². The van der Waals surface area contributed by atoms with Crippen LogP contribution in [0.15, 0.2) is 54.6 Å². The van der Waals surface area contributed by atoms with Crippen LogP contribution in [0.5, 0.6) is 5.75 Å². The summed E-state index contributed by atoms with van der Waals surface area (Å²) in [6, 6.07) is 18.8. The Balaban J connectivity index is 1.26. The summed E-state index contributed by atoms with van der Waals surface area (Å²) in [5, 5.41) is 8.76. The minimum atomic E-state index is 0.759. The standard InChI is InChI=1S/C25H27N7O/c1-33-20-9-7-18(8-10-20)17-32-12-11-21-22-23(29-28-21)26-25(27-24(22)32)31-15-13-30(14-16-31)19-5-3-2-4-6-19/h2-10H,11-17H2,1H3,(H,26,27,28,29). The molecule has 0 aliphatic carbocycles. The third-order valence-electron chi connectivity index (χ3n) is 6.61. The molecule has 6 rings (SSSR count). The van der Waals surface area contributed by atoms with E-state index < -0.39 is 0 Å². The summed E-state index contributed by atoms with van der Waals surface area (Å²) in [6.07, 6.45) is 0.915. The molecule has 2 aromatic heterocycles. The van der Waals surface area contributed by atoms with Crippen LogP contribution in [0.25, 0.3) is 11.0 Å². The number of H-pyrrole nitrogens is 1. The number of nitrogens with one attached hydrogen (secondary N) is 1. The monoisotopic (exact) mass is 441 g/mol. The van der Waals surface area contributed by atoms with E-state index in [0.29, 0.717) is 0 Å². The molecular weight excluding hydrogens is 414 g/mol. The lowest BCUT2D eigenvalue weighted by Gasteiger charge is -2.36. The fourth-order valence-corrected chi connectivity index (χ4v) is 4.77. The number of benzene rings is 2. The van der Waals surface area contributed by atoms with Crippen molar-refractivity contribution in [3.05, 3.63) is 65.9 Å². The minimum Gasteiger partial charge on any atom is -0.497 e. The second-order valence-corrected chi connectivity index (χ2v) is 8.58. The molecule has 168 valence electrons. The van der Waals surface area contributed by atoms with Gasteiger partial charge in [0.25, 0.3) is 0 Å². The van der Waals surface area contributed by atoms with E-state index in [0.717, 1.165) is 79.9 Å². The number of hydrogen-bond acceptors (Lipinski definition) is 7. The molecule has 0 unspecified atom stereocenters. The van der Waals surface area contributed by atoms with Crippen molar-refractivity contribution in [2.24, 2.45) is 0 Å². The molecule has 8 heteroatoms. The van der Waals surface area contributed by atoms with Gasteiger partial charge in [-0.1, -0.05) is 30.3 Å². The van der Waals surface area contributed by atoms with E-state index in [2.05, 4.69) is 67.4 Å². The summed E-state index contributed by atoms with van der Waals surface area (Å²) in [5.41, 5.74) is 4.39. The molecule has 0 bridgehead atoms. The highest BCUT2D eigenvalue weighted by atomic mass is 16.5. The third-order valence-corrected chi connectivity index (χ3v) is 6.61. The summed E-state index contributed by atoms with van der Waals surface area (Å²) in [5.74, 6) is 2.62. The zero-order valence-electron chi connectivity index (χ0n) is 18.7. The van der Waals surface area contributed by atoms with Crippen LogP contribution < -0.4 is 19.4 Å². The van der Waals surface area contributed by atoms with Crippen molar-refractivity contribution in [1.82, 2.24) is 20.2 Å². The van der Waals surface area contributed by atoms with E-state index in [1.807, 2.05) is 12.1 Å². The normalized spacial score (nSPS) is 15.8. The number of nitrogens with zero attached hydrogens (tertiary/aromatic N) is 6. The molecule has 0 spiro atoms. The molecule has 0 saturated carbocycles. The Labute approximate surface area is 192 Å². The molecule has 4 heterocycles. The van der Waals surface area contributed by atoms with E-state index in [1.165, 1.54) is 11.3 Å². The Morgan fingerprint density at radius 1 is 0.879 bits per heavy atom. The number of aromatic nitrogens is 4. The first-order valence-electron chi connectivity index (χ1n) is 11.5. The van der Waals surface area contributed by atoms with Gasteiger partial charge in [-0.05, 0) is 29.8 Å². The van der Waals surface area contributed by atoms with Crippen molar-refractivity contribution in [2.75, 3.05) is 54.5 Å². The molecule has 1 N–H and O–H groups in total. The van der Waals surface area contributed by atoms with Crippen LogP contribution in [0, 0.1) is 0 Å². The molecule has 0 amide bonds. The maximum absolute atomic E-state index is 5.30. The first kappa shape index (κ1) is 19.8. The van der Waals surface area contributed by atoms with Crippen molar-refractivity contribution in [3.8, 4) is 5.75 Å². The lowest BCUT2D eigenvalue weighted by atomic mass is 10.1. The number of piperazine rings is 1. The Hall–Kier alpha value is -3.81. The summed E-state index contributed by atoms with van der Waals surface area (Å²) in [4.78, 5) is 17.0. The third kappa shape index (κ3) is 3.71. The number of para-hydroxylation sites is 1. The Morgan fingerprint density at radius 2 is 1.64 bits per heavy atom. The van der Waals surface area contributed by atoms with Gasteiger partial charge in [0.2, 0.25) is 5.95 Å². The van der Waals surface area contributed by atoms with Gasteiger partial charge in [-0.2, -0.15) is 15.1 Å². The van der Waals surface area contributed by atoms with Crippen molar-refractivity contribution in [2.45, 2.75) is 13.0 Å². The molecule has 33 heavy (non-hydrogen) atoms. The number of rotatable bonds is 5. The zero-order chi connectivity index (χ0) is 22.2. The van der Waals surface area contributed by atoms with E-state index in [4.69, 9.17) is 14.7 Å². The summed E-state index contributed by atoms with van der Waals surface area (Å²) < 4.78 is 5.30. The van der Waals surface area contributed by atoms with Gasteiger partial charge in [0, 0.05) is 51.4 Å². The van der Waals surface area contributed by atoms with Crippen molar-refractivity contribution in [3.63, 3.8) is 0 Å². The van der Waals surface area contributed by atoms with Crippen molar-refractivity contribution >= 4 is 28.5 Å². The molecule has 0 radical (unpaired) electrons. The molecule has 4 aromatic rings. The maximum atomic E-state index is 5.30. The zero-order valence-corrected chi connectivity index (χ0v) is 18.7. The van der Waals surface area contributed by atoms with Gasteiger partial charge in [0.1, 0.15) is 11.6 Å². The summed E-state index contributed by atoms with van der Waals surface area (Å²) in [6.45, 7) is 5.35. The van der Waals surface area contributed by atoms with Crippen LogP contribution in [0.1, 0.15) is 11.3 Å². The maximum Gasteiger partial charge on any atom is 0.229 e. The largest absolute Gasteiger partial charge is 0.497 e. The Bertz CT molecular complexity index is 1250. The number of ether oxygens (including phenoxy) is 1. The SMILES string of the molecule is COc1ccc(CN2CCc3[nH]nc4nc(N5CCN(c6ccccc6)CC5)nc2c34)cc1. The molecular formula is C25H27N7O. The van der Waals surface area contributed by atoms with Gasteiger partial charge in [0.05, 0.1) is 18.2 Å². The smallest absolute Gasteiger partial charge is 0.229 e. The Kier molecular flexibility index (Phi) is 4.97. The fourth-order valence-electron chi connectivity index (χ4n) is 4.77. The highest BCUT2D eigenvalue weighted by molar-refractivity contribution is 5.91. The van der Waals surface area contributed by atoms with Gasteiger partial charge < -0.3 is 19.4 Å². The quantitative estimate of drug-likeness (QED) is 0.510. The molecule has 0 atom stereocenters. The average molecular weight is 442 g/mol. The first-order chi connectivity index (χ1) is 16.3. The van der Waals surface area contributed by atoms with Crippen LogP contribution in [-0.4, -0.2) is 60.0 Å². The number of anilines is 3. The van der Waals surface area contributed by atoms with Gasteiger partial charge in [-0.25, -0.2) is 0 Å². The lowest BCUT2D eigenvalue weighted by Crippen LogP contribution is -2.47. The molecule has 2 aliphatic heterocycles. The lowest BCUT2D eigenvalue weighted by molar-refractivity contribution is 0.414. The second-order valence-electron chi connectivity index (χ2n) is 8.58. The molecule has 8 nitrogen and oxygen atoms in total. The van der Waals surface area contributed by atoms with Crippen LogP contribution >= 0.6 is 0 Å². The van der Waals surface area contributed by atoms with Gasteiger partial charge in [-0.15, -0.1) is 0 Å². The van der Waals surface area contributed by atoms with E-state index in [-0.39, 0.29) is 0 Å². The van der Waals surface area contributed by atoms with Crippen LogP contribution in [0.4, 0.5) is 17.5 Å². The first-order valence-corrected chi connectivity index (χ1v) is 11.5. The molecule has 1 fully saturated rings. The van der Waals surface area contributed by atoms with Crippen LogP contribution in [0.3, 0.4) is 0 Å². The van der Waals surface area contributed by atoms with Crippen LogP contribution in [0.2, 0.25) is 0 Å². The minimum absolute atomic E-state index is 0.759. The second kappa shape index (κ2) is 8.27. The van der Waals surface area contributed by atoms with Crippen LogP contribution in [-0.2, 0) is 13.0 Å². The van der Waals surface area contributed by atoms with E-state index >= 15 is 0 Å². The fraction of sp³-hybridized carbons (Fsp3) is 0.320. The average Bonchev–Trinajstić information content (AvgIpc) is 3.30. The summed E-state index contributed by atoms with van der Waals surface area (Å²) in [7, 11) is 1.69. The highest BCUT2D eigenvalue weighted by Crippen LogP contribution is 2.33. The highest BCUT2D eigenvalue weighted by Gasteiger charge is 2.27. The number of aromatic amines is 1. The van der Waals surface area contributed by atoms with Gasteiger partial charge in [0.15, 0.2) is 5.65 Å². The van der Waals surface area contributed by atoms with Crippen molar-refractivity contribution in [1.29, 1.82) is 0 Å². The molecule has 2 aliphatic rings. The van der Waals surface area contributed by atoms with Gasteiger partial charge in [-0.3, -0.25) is 5.10 Å². The number of methoxy groups -OCH3 is 1. The van der Waals surface area contributed by atoms with E-state index in [1.54, 1.807) is 7.11 Å². The predicted molar refractivity (Wildman–Crippen MR) is 130 cm³/mol. The predicted octanol–water partition coefficient (Wildman–Crippen LogP) is 3.25. The van der Waals surface area contributed by atoms with E-state index in [9.17, 15) is 0 Å². The molecule has 2 aromatic carbocycles. The number of hydrogen-bond donors (Lipinski definition) is 1. The molecule has 1 saturated heterocycles. The summed E-state index contributed by atoms with van der Waals surface area (Å²) >= 11 is 0. The van der Waals surface area contributed by atoms with Crippen molar-refractivity contribution < 1.29 is 4.74 Å². The topological polar surface area (TPSA) is 73.4 Å².